The van der Waals surface area contributed by atoms with Crippen molar-refractivity contribution in [2.75, 3.05) is 19.0 Å². The highest BCUT2D eigenvalue weighted by Gasteiger charge is 2.33. The number of ether oxygens (including phenoxy) is 2. The van der Waals surface area contributed by atoms with E-state index in [9.17, 15) is 4.79 Å². The lowest BCUT2D eigenvalue weighted by Gasteiger charge is -2.28. The third-order valence-corrected chi connectivity index (χ3v) is 3.87. The maximum absolute atomic E-state index is 12.6. The molecule has 1 amide bonds. The quantitative estimate of drug-likeness (QED) is 0.781. The van der Waals surface area contributed by atoms with Gasteiger partial charge in [0.05, 0.1) is 7.11 Å². The highest BCUT2D eigenvalue weighted by atomic mass is 16.5. The maximum atomic E-state index is 12.6. The van der Waals surface area contributed by atoms with E-state index in [1.54, 1.807) is 7.11 Å². The fourth-order valence-corrected chi connectivity index (χ4v) is 2.69. The molecule has 0 heterocycles. The maximum Gasteiger partial charge on any atom is 0.256 e. The highest BCUT2D eigenvalue weighted by molar-refractivity contribution is 5.97. The van der Waals surface area contributed by atoms with Gasteiger partial charge in [0, 0.05) is 12.3 Å². The summed E-state index contributed by atoms with van der Waals surface area (Å²) in [6.07, 6.45) is 2.72. The zero-order valence-corrected chi connectivity index (χ0v) is 14.7. The Hall–Kier alpha value is -1.55. The van der Waals surface area contributed by atoms with Crippen LogP contribution in [0, 0.1) is 13.8 Å². The lowest BCUT2D eigenvalue weighted by molar-refractivity contribution is -0.139. The predicted molar refractivity (Wildman–Crippen MR) is 90.7 cm³/mol. The van der Waals surface area contributed by atoms with Crippen molar-refractivity contribution in [2.24, 2.45) is 0 Å². The minimum Gasteiger partial charge on any atom is -0.496 e. The lowest BCUT2D eigenvalue weighted by atomic mass is 9.97. The lowest BCUT2D eigenvalue weighted by Crippen LogP contribution is -2.42. The normalized spacial score (nSPS) is 13.5. The molecule has 1 aromatic carbocycles. The van der Waals surface area contributed by atoms with Crippen LogP contribution in [0.2, 0.25) is 0 Å². The predicted octanol–water partition coefficient (Wildman–Crippen LogP) is 4.24. The Bertz CT molecular complexity index is 490. The summed E-state index contributed by atoms with van der Waals surface area (Å²) in [5.41, 5.74) is 2.00. The number of aryl methyl sites for hydroxylation is 2. The first-order valence-corrected chi connectivity index (χ1v) is 7.98. The number of benzene rings is 1. The molecule has 0 spiro atoms. The van der Waals surface area contributed by atoms with E-state index in [-0.39, 0.29) is 5.91 Å². The third-order valence-electron chi connectivity index (χ3n) is 3.87. The second-order valence-electron chi connectivity index (χ2n) is 5.86. The van der Waals surface area contributed by atoms with Crippen LogP contribution in [0.4, 0.5) is 5.69 Å². The number of nitrogens with one attached hydrogen (secondary N) is 1. The molecule has 0 saturated heterocycles. The van der Waals surface area contributed by atoms with Crippen LogP contribution in [0.25, 0.3) is 0 Å². The monoisotopic (exact) mass is 307 g/mol. The minimum atomic E-state index is -0.785. The Morgan fingerprint density at radius 2 is 1.82 bits per heavy atom. The first-order valence-electron chi connectivity index (χ1n) is 7.98. The number of hydrogen-bond donors (Lipinski definition) is 1. The third kappa shape index (κ3) is 4.47. The molecular weight excluding hydrogens is 278 g/mol. The summed E-state index contributed by atoms with van der Waals surface area (Å²) in [7, 11) is 1.66. The van der Waals surface area contributed by atoms with Crippen LogP contribution < -0.4 is 10.1 Å². The highest BCUT2D eigenvalue weighted by Crippen LogP contribution is 2.28. The molecule has 124 valence electrons. The topological polar surface area (TPSA) is 47.6 Å². The summed E-state index contributed by atoms with van der Waals surface area (Å²) in [5.74, 6) is 0.767. The van der Waals surface area contributed by atoms with Gasteiger partial charge in [0.15, 0.2) is 0 Å². The Balaban J connectivity index is 2.94. The second-order valence-corrected chi connectivity index (χ2v) is 5.86. The van der Waals surface area contributed by atoms with E-state index in [0.29, 0.717) is 6.61 Å². The van der Waals surface area contributed by atoms with Crippen molar-refractivity contribution < 1.29 is 14.3 Å². The number of anilines is 1. The van der Waals surface area contributed by atoms with Crippen LogP contribution in [0.3, 0.4) is 0 Å². The summed E-state index contributed by atoms with van der Waals surface area (Å²) in [4.78, 5) is 12.6. The molecule has 0 fully saturated rings. The average Bonchev–Trinajstić information content (AvgIpc) is 2.45. The number of carbonyl (C=O) groups is 1. The van der Waals surface area contributed by atoms with E-state index in [4.69, 9.17) is 9.47 Å². The summed E-state index contributed by atoms with van der Waals surface area (Å²) in [6, 6.07) is 3.85. The van der Waals surface area contributed by atoms with E-state index in [2.05, 4.69) is 12.2 Å². The zero-order chi connectivity index (χ0) is 16.8. The standard InChI is InChI=1S/C18H29NO3/c1-7-9-10-18(5,22-8-2)17(20)19-15-11-13(3)16(21-6)14(4)12-15/h11-12H,7-10H2,1-6H3,(H,19,20)/t18-/m1/s1. The van der Waals surface area contributed by atoms with Gasteiger partial charge in [0.2, 0.25) is 0 Å². The van der Waals surface area contributed by atoms with Crippen LogP contribution in [0.5, 0.6) is 5.75 Å². The van der Waals surface area contributed by atoms with Gasteiger partial charge >= 0.3 is 0 Å². The minimum absolute atomic E-state index is 0.0910. The van der Waals surface area contributed by atoms with Gasteiger partial charge in [-0.3, -0.25) is 4.79 Å². The molecule has 1 aromatic rings. The average molecular weight is 307 g/mol. The molecule has 0 bridgehead atoms. The number of carbonyl (C=O) groups excluding carboxylic acids is 1. The van der Waals surface area contributed by atoms with Gasteiger partial charge in [-0.05, 0) is 57.4 Å². The van der Waals surface area contributed by atoms with Crippen LogP contribution in [-0.4, -0.2) is 25.2 Å². The van der Waals surface area contributed by atoms with Crippen LogP contribution in [0.15, 0.2) is 12.1 Å². The zero-order valence-electron chi connectivity index (χ0n) is 14.7. The van der Waals surface area contributed by atoms with Gasteiger partial charge in [-0.2, -0.15) is 0 Å². The number of methoxy groups -OCH3 is 1. The Morgan fingerprint density at radius 3 is 2.27 bits per heavy atom. The number of rotatable bonds is 8. The van der Waals surface area contributed by atoms with Crippen molar-refractivity contribution in [3.05, 3.63) is 23.3 Å². The summed E-state index contributed by atoms with van der Waals surface area (Å²) >= 11 is 0. The first kappa shape index (κ1) is 18.5. The van der Waals surface area contributed by atoms with Gasteiger partial charge in [0.1, 0.15) is 11.4 Å². The van der Waals surface area contributed by atoms with E-state index in [0.717, 1.165) is 41.8 Å². The van der Waals surface area contributed by atoms with Crippen molar-refractivity contribution >= 4 is 11.6 Å². The molecule has 0 aliphatic rings. The van der Waals surface area contributed by atoms with Gasteiger partial charge in [0.25, 0.3) is 5.91 Å². The Kier molecular flexibility index (Phi) is 6.88. The summed E-state index contributed by atoms with van der Waals surface area (Å²) < 4.78 is 11.1. The van der Waals surface area contributed by atoms with Crippen LogP contribution in [-0.2, 0) is 9.53 Å². The molecule has 0 aromatic heterocycles. The van der Waals surface area contributed by atoms with Crippen molar-refractivity contribution in [3.63, 3.8) is 0 Å². The van der Waals surface area contributed by atoms with Crippen molar-refractivity contribution in [2.45, 2.75) is 59.5 Å². The molecule has 0 saturated carbocycles. The number of hydrogen-bond acceptors (Lipinski definition) is 3. The molecule has 1 atom stereocenters. The van der Waals surface area contributed by atoms with E-state index < -0.39 is 5.60 Å². The van der Waals surface area contributed by atoms with E-state index >= 15 is 0 Å². The summed E-state index contributed by atoms with van der Waals surface area (Å²) in [5, 5.41) is 2.99. The number of amides is 1. The molecule has 22 heavy (non-hydrogen) atoms. The van der Waals surface area contributed by atoms with Crippen LogP contribution >= 0.6 is 0 Å². The smallest absolute Gasteiger partial charge is 0.256 e. The van der Waals surface area contributed by atoms with Crippen molar-refractivity contribution in [3.8, 4) is 5.75 Å². The fraction of sp³-hybridized carbons (Fsp3) is 0.611. The van der Waals surface area contributed by atoms with Crippen molar-refractivity contribution in [1.82, 2.24) is 0 Å². The van der Waals surface area contributed by atoms with Crippen LogP contribution in [0.1, 0.15) is 51.2 Å². The molecule has 1 rings (SSSR count). The largest absolute Gasteiger partial charge is 0.496 e. The molecule has 1 N–H and O–H groups in total. The van der Waals surface area contributed by atoms with Gasteiger partial charge in [-0.1, -0.05) is 19.8 Å². The van der Waals surface area contributed by atoms with E-state index in [1.165, 1.54) is 0 Å². The Morgan fingerprint density at radius 1 is 1.23 bits per heavy atom. The summed E-state index contributed by atoms with van der Waals surface area (Å²) in [6.45, 7) is 10.4. The Labute approximate surface area is 134 Å². The molecule has 0 aliphatic heterocycles. The molecule has 4 heteroatoms. The number of unbranched alkanes of at least 4 members (excludes halogenated alkanes) is 1. The van der Waals surface area contributed by atoms with Gasteiger partial charge in [-0.15, -0.1) is 0 Å². The van der Waals surface area contributed by atoms with E-state index in [1.807, 2.05) is 39.8 Å². The van der Waals surface area contributed by atoms with Gasteiger partial charge < -0.3 is 14.8 Å². The molecule has 0 unspecified atom stereocenters. The van der Waals surface area contributed by atoms with Crippen molar-refractivity contribution in [1.29, 1.82) is 0 Å². The molecular formula is C18H29NO3. The molecule has 4 nitrogen and oxygen atoms in total. The first-order chi connectivity index (χ1) is 10.4. The van der Waals surface area contributed by atoms with Gasteiger partial charge in [-0.25, -0.2) is 0 Å². The SMILES string of the molecule is CCCC[C@@](C)(OCC)C(=O)Nc1cc(C)c(OC)c(C)c1. The molecule has 0 aliphatic carbocycles. The second kappa shape index (κ2) is 8.18. The fourth-order valence-electron chi connectivity index (χ4n) is 2.69. The molecule has 0 radical (unpaired) electrons.